The van der Waals surface area contributed by atoms with Crippen LogP contribution < -0.4 is 9.47 Å². The zero-order valence-corrected chi connectivity index (χ0v) is 15.2. The predicted molar refractivity (Wildman–Crippen MR) is 94.3 cm³/mol. The minimum Gasteiger partial charge on any atom is -0.490 e. The number of nitrogens with zero attached hydrogens (tertiary/aromatic N) is 1. The Morgan fingerprint density at radius 1 is 1.00 bits per heavy atom. The second kappa shape index (κ2) is 6.20. The number of carbonyl (C=O) groups excluding carboxylic acids is 1. The Morgan fingerprint density at radius 3 is 2.48 bits per heavy atom. The van der Waals surface area contributed by atoms with Crippen molar-refractivity contribution in [3.05, 3.63) is 23.8 Å². The maximum absolute atomic E-state index is 13.2. The number of ether oxygens (including phenoxy) is 3. The molecule has 0 bridgehead atoms. The second-order valence-corrected chi connectivity index (χ2v) is 8.13. The summed E-state index contributed by atoms with van der Waals surface area (Å²) in [6.45, 7) is 6.74. The molecule has 1 saturated heterocycles. The molecule has 1 aliphatic carbocycles. The van der Waals surface area contributed by atoms with Crippen LogP contribution in [0.2, 0.25) is 0 Å². The van der Waals surface area contributed by atoms with Gasteiger partial charge in [-0.1, -0.05) is 12.8 Å². The van der Waals surface area contributed by atoms with Gasteiger partial charge in [-0.25, -0.2) is 0 Å². The molecule has 2 heterocycles. The first-order chi connectivity index (χ1) is 12.0. The molecule has 0 aromatic heterocycles. The summed E-state index contributed by atoms with van der Waals surface area (Å²) in [5.74, 6) is 1.45. The molecule has 0 unspecified atom stereocenters. The monoisotopic (exact) mass is 345 g/mol. The minimum atomic E-state index is -0.316. The van der Waals surface area contributed by atoms with Gasteiger partial charge in [0.2, 0.25) is 0 Å². The maximum Gasteiger partial charge on any atom is 0.254 e. The lowest BCUT2D eigenvalue weighted by molar-refractivity contribution is -0.184. The molecule has 3 aliphatic rings. The number of amides is 1. The van der Waals surface area contributed by atoms with Crippen LogP contribution in [0, 0.1) is 0 Å². The topological polar surface area (TPSA) is 48.0 Å². The van der Waals surface area contributed by atoms with E-state index in [1.807, 2.05) is 23.1 Å². The van der Waals surface area contributed by atoms with Crippen molar-refractivity contribution in [1.29, 1.82) is 0 Å². The van der Waals surface area contributed by atoms with Gasteiger partial charge in [-0.15, -0.1) is 0 Å². The molecule has 1 spiro atoms. The molecular formula is C20H27NO4. The highest BCUT2D eigenvalue weighted by Gasteiger charge is 2.47. The smallest absolute Gasteiger partial charge is 0.254 e. The van der Waals surface area contributed by atoms with Crippen LogP contribution >= 0.6 is 0 Å². The molecule has 1 amide bonds. The lowest BCUT2D eigenvalue weighted by atomic mass is 9.93. The summed E-state index contributed by atoms with van der Waals surface area (Å²) in [4.78, 5) is 15.1. The van der Waals surface area contributed by atoms with Crippen LogP contribution in [-0.2, 0) is 4.74 Å². The summed E-state index contributed by atoms with van der Waals surface area (Å²) in [6, 6.07) is 5.53. The molecule has 5 nitrogen and oxygen atoms in total. The van der Waals surface area contributed by atoms with Crippen LogP contribution in [0.5, 0.6) is 11.5 Å². The number of hydrogen-bond donors (Lipinski definition) is 0. The van der Waals surface area contributed by atoms with E-state index in [1.54, 1.807) is 0 Å². The standard InChI is InChI=1S/C20H27NO4/c1-19(2)13-21(14-20(25-19)8-3-4-9-20)18(22)15-6-7-16-17(12-15)24-11-5-10-23-16/h6-7,12H,3-5,8-11,13-14H2,1-2H3. The Bertz CT molecular complexity index is 664. The summed E-state index contributed by atoms with van der Waals surface area (Å²) in [6.07, 6.45) is 5.31. The Labute approximate surface area is 149 Å². The molecule has 0 N–H and O–H groups in total. The van der Waals surface area contributed by atoms with E-state index >= 15 is 0 Å². The van der Waals surface area contributed by atoms with Crippen LogP contribution in [-0.4, -0.2) is 48.3 Å². The number of morpholine rings is 1. The van der Waals surface area contributed by atoms with Crippen LogP contribution in [0.25, 0.3) is 0 Å². The number of rotatable bonds is 1. The summed E-state index contributed by atoms with van der Waals surface area (Å²) in [5.41, 5.74) is 0.182. The first kappa shape index (κ1) is 16.7. The average Bonchev–Trinajstić information content (AvgIpc) is 2.87. The molecule has 5 heteroatoms. The van der Waals surface area contributed by atoms with Gasteiger partial charge in [0.1, 0.15) is 0 Å². The molecule has 4 rings (SSSR count). The van der Waals surface area contributed by atoms with Crippen LogP contribution in [0.3, 0.4) is 0 Å². The summed E-state index contributed by atoms with van der Waals surface area (Å²) < 4.78 is 17.8. The Morgan fingerprint density at radius 2 is 1.72 bits per heavy atom. The van der Waals surface area contributed by atoms with Crippen molar-refractivity contribution >= 4 is 5.91 Å². The lowest BCUT2D eigenvalue weighted by Gasteiger charge is -2.48. The number of carbonyl (C=O) groups is 1. The molecule has 1 aromatic rings. The molecule has 136 valence electrons. The normalized spacial score (nSPS) is 24.2. The van der Waals surface area contributed by atoms with Gasteiger partial charge in [-0.2, -0.15) is 0 Å². The van der Waals surface area contributed by atoms with E-state index in [2.05, 4.69) is 13.8 Å². The Hall–Kier alpha value is -1.75. The second-order valence-electron chi connectivity index (χ2n) is 8.13. The summed E-state index contributed by atoms with van der Waals surface area (Å²) in [5, 5.41) is 0. The number of hydrogen-bond acceptors (Lipinski definition) is 4. The molecule has 0 atom stereocenters. The van der Waals surface area contributed by atoms with Gasteiger partial charge in [0.05, 0.1) is 31.0 Å². The quantitative estimate of drug-likeness (QED) is 0.783. The van der Waals surface area contributed by atoms with E-state index < -0.39 is 0 Å². The summed E-state index contributed by atoms with van der Waals surface area (Å²) in [7, 11) is 0. The van der Waals surface area contributed by atoms with Gasteiger partial charge in [0, 0.05) is 18.5 Å². The van der Waals surface area contributed by atoms with Crippen molar-refractivity contribution in [3.63, 3.8) is 0 Å². The van der Waals surface area contributed by atoms with E-state index in [1.165, 1.54) is 12.8 Å². The van der Waals surface area contributed by atoms with E-state index in [4.69, 9.17) is 14.2 Å². The van der Waals surface area contributed by atoms with Crippen molar-refractivity contribution in [3.8, 4) is 11.5 Å². The molecule has 2 aliphatic heterocycles. The van der Waals surface area contributed by atoms with Gasteiger partial charge in [0.25, 0.3) is 5.91 Å². The fraction of sp³-hybridized carbons (Fsp3) is 0.650. The highest BCUT2D eigenvalue weighted by Crippen LogP contribution is 2.41. The van der Waals surface area contributed by atoms with Crippen LogP contribution in [0.4, 0.5) is 0 Å². The van der Waals surface area contributed by atoms with Crippen LogP contribution in [0.15, 0.2) is 18.2 Å². The molecule has 1 saturated carbocycles. The van der Waals surface area contributed by atoms with Crippen molar-refractivity contribution < 1.29 is 19.0 Å². The minimum absolute atomic E-state index is 0.0540. The Kier molecular flexibility index (Phi) is 4.14. The zero-order valence-electron chi connectivity index (χ0n) is 15.2. The first-order valence-corrected chi connectivity index (χ1v) is 9.36. The summed E-state index contributed by atoms with van der Waals surface area (Å²) >= 11 is 0. The van der Waals surface area contributed by atoms with Crippen molar-refractivity contribution in [2.75, 3.05) is 26.3 Å². The number of fused-ring (bicyclic) bond motifs is 1. The average molecular weight is 345 g/mol. The third kappa shape index (κ3) is 3.34. The fourth-order valence-electron chi connectivity index (χ4n) is 4.42. The first-order valence-electron chi connectivity index (χ1n) is 9.36. The van der Waals surface area contributed by atoms with Gasteiger partial charge >= 0.3 is 0 Å². The molecule has 2 fully saturated rings. The van der Waals surface area contributed by atoms with Gasteiger partial charge in [0.15, 0.2) is 11.5 Å². The third-order valence-corrected chi connectivity index (χ3v) is 5.34. The molecule has 0 radical (unpaired) electrons. The fourth-order valence-corrected chi connectivity index (χ4v) is 4.42. The largest absolute Gasteiger partial charge is 0.490 e. The van der Waals surface area contributed by atoms with E-state index in [9.17, 15) is 4.79 Å². The van der Waals surface area contributed by atoms with E-state index in [-0.39, 0.29) is 17.1 Å². The zero-order chi connectivity index (χ0) is 17.5. The van der Waals surface area contributed by atoms with E-state index in [0.29, 0.717) is 37.6 Å². The van der Waals surface area contributed by atoms with Crippen molar-refractivity contribution in [2.24, 2.45) is 0 Å². The number of benzene rings is 1. The SMILES string of the molecule is CC1(C)CN(C(=O)c2ccc3c(c2)OCCCO3)CC2(CCCC2)O1. The van der Waals surface area contributed by atoms with Crippen molar-refractivity contribution in [1.82, 2.24) is 4.90 Å². The van der Waals surface area contributed by atoms with Gasteiger partial charge in [-0.05, 0) is 44.9 Å². The highest BCUT2D eigenvalue weighted by atomic mass is 16.5. The molecule has 1 aromatic carbocycles. The predicted octanol–water partition coefficient (Wildman–Crippen LogP) is 3.41. The molecular weight excluding hydrogens is 318 g/mol. The van der Waals surface area contributed by atoms with E-state index in [0.717, 1.165) is 25.0 Å². The van der Waals surface area contributed by atoms with Crippen LogP contribution in [0.1, 0.15) is 56.3 Å². The van der Waals surface area contributed by atoms with Gasteiger partial charge in [-0.3, -0.25) is 4.79 Å². The molecule has 25 heavy (non-hydrogen) atoms. The third-order valence-electron chi connectivity index (χ3n) is 5.34. The highest BCUT2D eigenvalue weighted by molar-refractivity contribution is 5.95. The maximum atomic E-state index is 13.2. The lowest BCUT2D eigenvalue weighted by Crippen LogP contribution is -2.60. The van der Waals surface area contributed by atoms with Crippen molar-refractivity contribution in [2.45, 2.75) is 57.2 Å². The van der Waals surface area contributed by atoms with Gasteiger partial charge < -0.3 is 19.1 Å². The Balaban J connectivity index is 1.58.